The third-order valence-electron chi connectivity index (χ3n) is 3.73. The van der Waals surface area contributed by atoms with Crippen LogP contribution < -0.4 is 5.32 Å². The van der Waals surface area contributed by atoms with Crippen LogP contribution in [0.1, 0.15) is 6.42 Å². The Morgan fingerprint density at radius 1 is 1.12 bits per heavy atom. The summed E-state index contributed by atoms with van der Waals surface area (Å²) in [5, 5.41) is 13.8. The summed E-state index contributed by atoms with van der Waals surface area (Å²) < 4.78 is 0. The molecule has 0 radical (unpaired) electrons. The topological polar surface area (TPSA) is 70.9 Å². The van der Waals surface area contributed by atoms with Gasteiger partial charge in [-0.25, -0.2) is 9.97 Å². The van der Waals surface area contributed by atoms with Gasteiger partial charge in [0.05, 0.1) is 5.52 Å². The first kappa shape index (κ1) is 16.7. The Morgan fingerprint density at radius 2 is 1.92 bits per heavy atom. The zero-order valence-electron chi connectivity index (χ0n) is 13.5. The second-order valence-electron chi connectivity index (χ2n) is 5.46. The zero-order valence-corrected chi connectivity index (χ0v) is 14.3. The van der Waals surface area contributed by atoms with Gasteiger partial charge in [-0.1, -0.05) is 12.1 Å². The van der Waals surface area contributed by atoms with Crippen LogP contribution in [0.15, 0.2) is 48.8 Å². The summed E-state index contributed by atoms with van der Waals surface area (Å²) in [6.07, 6.45) is 6.23. The SMILES string of the molecule is CSCC(CCO)Nc1nc(-c2ccncc2)nc2ccccc12. The minimum absolute atomic E-state index is 0.151. The fraction of sp³-hybridized carbons (Fsp3) is 0.278. The molecule has 3 rings (SSSR count). The minimum atomic E-state index is 0.151. The monoisotopic (exact) mass is 340 g/mol. The summed E-state index contributed by atoms with van der Waals surface area (Å²) in [6.45, 7) is 0.151. The van der Waals surface area contributed by atoms with E-state index in [2.05, 4.69) is 21.5 Å². The fourth-order valence-corrected chi connectivity index (χ4v) is 3.22. The van der Waals surface area contributed by atoms with Gasteiger partial charge in [0.1, 0.15) is 5.82 Å². The summed E-state index contributed by atoms with van der Waals surface area (Å²) in [4.78, 5) is 13.5. The summed E-state index contributed by atoms with van der Waals surface area (Å²) in [5.41, 5.74) is 1.83. The van der Waals surface area contributed by atoms with Crippen LogP contribution in [0.4, 0.5) is 5.82 Å². The van der Waals surface area contributed by atoms with Gasteiger partial charge in [0.25, 0.3) is 0 Å². The predicted molar refractivity (Wildman–Crippen MR) is 100 cm³/mol. The van der Waals surface area contributed by atoms with E-state index in [4.69, 9.17) is 4.98 Å². The Kier molecular flexibility index (Phi) is 5.61. The zero-order chi connectivity index (χ0) is 16.8. The molecule has 1 atom stereocenters. The molecule has 24 heavy (non-hydrogen) atoms. The molecule has 2 aromatic heterocycles. The second-order valence-corrected chi connectivity index (χ2v) is 6.37. The van der Waals surface area contributed by atoms with Crippen LogP contribution in [0, 0.1) is 0 Å². The first-order chi connectivity index (χ1) is 11.8. The highest BCUT2D eigenvalue weighted by atomic mass is 32.2. The van der Waals surface area contributed by atoms with Crippen LogP contribution >= 0.6 is 11.8 Å². The van der Waals surface area contributed by atoms with Crippen LogP contribution in [0.3, 0.4) is 0 Å². The average molecular weight is 340 g/mol. The van der Waals surface area contributed by atoms with Crippen molar-refractivity contribution >= 4 is 28.5 Å². The third kappa shape index (κ3) is 3.83. The Balaban J connectivity index is 2.04. The standard InChI is InChI=1S/C18H20N4OS/c1-24-12-14(8-11-23)20-18-15-4-2-3-5-16(15)21-17(22-18)13-6-9-19-10-7-13/h2-7,9-10,14,23H,8,11-12H2,1H3,(H,20,21,22). The molecule has 124 valence electrons. The summed E-state index contributed by atoms with van der Waals surface area (Å²) >= 11 is 1.75. The van der Waals surface area contributed by atoms with Crippen molar-refractivity contribution in [1.29, 1.82) is 0 Å². The maximum Gasteiger partial charge on any atom is 0.162 e. The number of benzene rings is 1. The normalized spacial score (nSPS) is 12.2. The predicted octanol–water partition coefficient (Wildman–Crippen LogP) is 3.22. The molecule has 0 spiro atoms. The summed E-state index contributed by atoms with van der Waals surface area (Å²) in [6, 6.07) is 11.9. The maximum absolute atomic E-state index is 9.30. The van der Waals surface area contributed by atoms with Gasteiger partial charge in [-0.05, 0) is 36.9 Å². The van der Waals surface area contributed by atoms with Crippen molar-refractivity contribution in [3.63, 3.8) is 0 Å². The molecule has 0 aliphatic heterocycles. The van der Waals surface area contributed by atoms with Gasteiger partial charge in [-0.2, -0.15) is 11.8 Å². The number of hydrogen-bond donors (Lipinski definition) is 2. The van der Waals surface area contributed by atoms with Gasteiger partial charge < -0.3 is 10.4 Å². The van der Waals surface area contributed by atoms with Crippen LogP contribution in [0.2, 0.25) is 0 Å². The third-order valence-corrected chi connectivity index (χ3v) is 4.46. The van der Waals surface area contributed by atoms with E-state index in [-0.39, 0.29) is 12.6 Å². The molecule has 1 unspecified atom stereocenters. The van der Waals surface area contributed by atoms with Gasteiger partial charge in [-0.3, -0.25) is 4.98 Å². The number of nitrogens with one attached hydrogen (secondary N) is 1. The summed E-state index contributed by atoms with van der Waals surface area (Å²) in [7, 11) is 0. The van der Waals surface area contributed by atoms with Gasteiger partial charge >= 0.3 is 0 Å². The van der Waals surface area contributed by atoms with Crippen LogP contribution in [0.5, 0.6) is 0 Å². The van der Waals surface area contributed by atoms with Crippen molar-refractivity contribution < 1.29 is 5.11 Å². The van der Waals surface area contributed by atoms with Crippen LogP contribution in [-0.2, 0) is 0 Å². The van der Waals surface area contributed by atoms with E-state index in [1.807, 2.05) is 36.4 Å². The average Bonchev–Trinajstić information content (AvgIpc) is 2.63. The molecule has 2 N–H and O–H groups in total. The number of nitrogens with zero attached hydrogens (tertiary/aromatic N) is 3. The van der Waals surface area contributed by atoms with Crippen molar-refractivity contribution in [1.82, 2.24) is 15.0 Å². The molecule has 0 aliphatic rings. The molecule has 0 saturated carbocycles. The lowest BCUT2D eigenvalue weighted by atomic mass is 10.2. The number of aliphatic hydroxyl groups excluding tert-OH is 1. The van der Waals surface area contributed by atoms with Gasteiger partial charge in [-0.15, -0.1) is 0 Å². The Hall–Kier alpha value is -2.18. The lowest BCUT2D eigenvalue weighted by molar-refractivity contribution is 0.282. The van der Waals surface area contributed by atoms with E-state index in [1.165, 1.54) is 0 Å². The van der Waals surface area contributed by atoms with E-state index in [0.717, 1.165) is 28.0 Å². The van der Waals surface area contributed by atoms with Gasteiger partial charge in [0.2, 0.25) is 0 Å². The minimum Gasteiger partial charge on any atom is -0.396 e. The highest BCUT2D eigenvalue weighted by Gasteiger charge is 2.13. The van der Waals surface area contributed by atoms with Crippen molar-refractivity contribution in [2.75, 3.05) is 23.9 Å². The molecule has 6 heteroatoms. The molecular weight excluding hydrogens is 320 g/mol. The summed E-state index contributed by atoms with van der Waals surface area (Å²) in [5.74, 6) is 2.38. The Morgan fingerprint density at radius 3 is 2.67 bits per heavy atom. The molecule has 0 saturated heterocycles. The molecule has 5 nitrogen and oxygen atoms in total. The number of aliphatic hydroxyl groups is 1. The molecule has 0 fully saturated rings. The van der Waals surface area contributed by atoms with Gasteiger partial charge in [0.15, 0.2) is 5.82 Å². The number of thioether (sulfide) groups is 1. The lowest BCUT2D eigenvalue weighted by Crippen LogP contribution is -2.24. The van der Waals surface area contributed by atoms with Crippen LogP contribution in [-0.4, -0.2) is 44.7 Å². The molecule has 0 aliphatic carbocycles. The molecule has 0 amide bonds. The molecule has 1 aromatic carbocycles. The number of para-hydroxylation sites is 1. The lowest BCUT2D eigenvalue weighted by Gasteiger charge is -2.19. The number of rotatable bonds is 7. The van der Waals surface area contributed by atoms with Crippen molar-refractivity contribution in [3.05, 3.63) is 48.8 Å². The first-order valence-electron chi connectivity index (χ1n) is 7.85. The van der Waals surface area contributed by atoms with E-state index >= 15 is 0 Å². The van der Waals surface area contributed by atoms with Crippen LogP contribution in [0.25, 0.3) is 22.3 Å². The Bertz CT molecular complexity index is 791. The number of anilines is 1. The first-order valence-corrected chi connectivity index (χ1v) is 9.24. The molecular formula is C18H20N4OS. The van der Waals surface area contributed by atoms with Crippen molar-refractivity contribution in [2.24, 2.45) is 0 Å². The molecule has 2 heterocycles. The smallest absolute Gasteiger partial charge is 0.162 e. The maximum atomic E-state index is 9.30. The van der Waals surface area contributed by atoms with Crippen molar-refractivity contribution in [2.45, 2.75) is 12.5 Å². The highest BCUT2D eigenvalue weighted by Crippen LogP contribution is 2.25. The number of pyridine rings is 1. The van der Waals surface area contributed by atoms with E-state index < -0.39 is 0 Å². The number of fused-ring (bicyclic) bond motifs is 1. The van der Waals surface area contributed by atoms with E-state index in [0.29, 0.717) is 12.2 Å². The number of aromatic nitrogens is 3. The number of hydrogen-bond acceptors (Lipinski definition) is 6. The second kappa shape index (κ2) is 8.08. The van der Waals surface area contributed by atoms with E-state index in [9.17, 15) is 5.11 Å². The van der Waals surface area contributed by atoms with E-state index in [1.54, 1.807) is 24.2 Å². The Labute approximate surface area is 145 Å². The quantitative estimate of drug-likeness (QED) is 0.688. The fourth-order valence-electron chi connectivity index (χ4n) is 2.56. The largest absolute Gasteiger partial charge is 0.396 e. The highest BCUT2D eigenvalue weighted by molar-refractivity contribution is 7.98. The van der Waals surface area contributed by atoms with Crippen molar-refractivity contribution in [3.8, 4) is 11.4 Å². The van der Waals surface area contributed by atoms with Gasteiger partial charge in [0, 0.05) is 41.7 Å². The molecule has 0 bridgehead atoms. The molecule has 3 aromatic rings.